The van der Waals surface area contributed by atoms with E-state index in [4.69, 9.17) is 4.74 Å². The van der Waals surface area contributed by atoms with Crippen LogP contribution in [-0.2, 0) is 4.74 Å². The SMILES string of the molecule is CN(CC1CCOC1)C1CC(CC(C)(C)C)C1. The maximum Gasteiger partial charge on any atom is 0.0507 e. The molecule has 0 aromatic heterocycles. The van der Waals surface area contributed by atoms with Crippen LogP contribution in [0.2, 0.25) is 0 Å². The van der Waals surface area contributed by atoms with Gasteiger partial charge in [0.2, 0.25) is 0 Å². The second-order valence-corrected chi connectivity index (χ2v) is 7.43. The zero-order valence-electron chi connectivity index (χ0n) is 12.0. The van der Waals surface area contributed by atoms with Gasteiger partial charge in [0.1, 0.15) is 0 Å². The fourth-order valence-corrected chi connectivity index (χ4v) is 3.38. The Bertz CT molecular complexity index is 234. The smallest absolute Gasteiger partial charge is 0.0507 e. The van der Waals surface area contributed by atoms with Crippen LogP contribution >= 0.6 is 0 Å². The third kappa shape index (κ3) is 3.96. The predicted octanol–water partition coefficient (Wildman–Crippen LogP) is 3.17. The second kappa shape index (κ2) is 5.27. The van der Waals surface area contributed by atoms with Gasteiger partial charge in [0.05, 0.1) is 6.61 Å². The molecule has 2 fully saturated rings. The van der Waals surface area contributed by atoms with Crippen LogP contribution in [0.3, 0.4) is 0 Å². The first-order valence-corrected chi connectivity index (χ1v) is 7.22. The molecule has 0 amide bonds. The summed E-state index contributed by atoms with van der Waals surface area (Å²) in [5.41, 5.74) is 0.507. The molecule has 1 heterocycles. The molecule has 2 heteroatoms. The highest BCUT2D eigenvalue weighted by Crippen LogP contribution is 2.39. The van der Waals surface area contributed by atoms with Crippen LogP contribution in [0.25, 0.3) is 0 Å². The summed E-state index contributed by atoms with van der Waals surface area (Å²) in [6.45, 7) is 10.3. The van der Waals surface area contributed by atoms with Crippen molar-refractivity contribution in [3.05, 3.63) is 0 Å². The van der Waals surface area contributed by atoms with E-state index < -0.39 is 0 Å². The molecule has 0 aromatic carbocycles. The van der Waals surface area contributed by atoms with Gasteiger partial charge >= 0.3 is 0 Å². The Kier molecular flexibility index (Phi) is 4.14. The Balaban J connectivity index is 1.65. The number of rotatable bonds is 4. The summed E-state index contributed by atoms with van der Waals surface area (Å²) in [4.78, 5) is 2.58. The lowest BCUT2D eigenvalue weighted by molar-refractivity contribution is 0.0622. The Morgan fingerprint density at radius 1 is 1.18 bits per heavy atom. The molecular weight excluding hydrogens is 210 g/mol. The van der Waals surface area contributed by atoms with E-state index in [1.54, 1.807) is 0 Å². The Morgan fingerprint density at radius 2 is 1.88 bits per heavy atom. The van der Waals surface area contributed by atoms with Gasteiger partial charge in [-0.2, -0.15) is 0 Å². The standard InChI is InChI=1S/C15H29NO/c1-15(2,3)9-13-7-14(8-13)16(4)10-12-5-6-17-11-12/h12-14H,5-11H2,1-4H3. The van der Waals surface area contributed by atoms with Gasteiger partial charge < -0.3 is 9.64 Å². The molecule has 0 N–H and O–H groups in total. The monoisotopic (exact) mass is 239 g/mol. The predicted molar refractivity (Wildman–Crippen MR) is 72.1 cm³/mol. The zero-order chi connectivity index (χ0) is 12.5. The molecule has 1 saturated heterocycles. The van der Waals surface area contributed by atoms with E-state index in [1.165, 1.54) is 32.2 Å². The summed E-state index contributed by atoms with van der Waals surface area (Å²) in [7, 11) is 2.30. The van der Waals surface area contributed by atoms with Crippen LogP contribution in [0.1, 0.15) is 46.5 Å². The first kappa shape index (κ1) is 13.4. The van der Waals surface area contributed by atoms with Gasteiger partial charge in [-0.25, -0.2) is 0 Å². The van der Waals surface area contributed by atoms with Crippen molar-refractivity contribution in [2.75, 3.05) is 26.8 Å². The van der Waals surface area contributed by atoms with E-state index >= 15 is 0 Å². The van der Waals surface area contributed by atoms with Crippen molar-refractivity contribution in [2.45, 2.75) is 52.5 Å². The first-order valence-electron chi connectivity index (χ1n) is 7.22. The van der Waals surface area contributed by atoms with Crippen LogP contribution in [0.5, 0.6) is 0 Å². The quantitative estimate of drug-likeness (QED) is 0.747. The largest absolute Gasteiger partial charge is 0.381 e. The van der Waals surface area contributed by atoms with E-state index in [0.717, 1.165) is 31.1 Å². The molecule has 1 atom stereocenters. The van der Waals surface area contributed by atoms with Crippen molar-refractivity contribution in [3.63, 3.8) is 0 Å². The lowest BCUT2D eigenvalue weighted by atomic mass is 9.71. The summed E-state index contributed by atoms with van der Waals surface area (Å²) in [5, 5.41) is 0. The van der Waals surface area contributed by atoms with Crippen molar-refractivity contribution >= 4 is 0 Å². The average molecular weight is 239 g/mol. The lowest BCUT2D eigenvalue weighted by Crippen LogP contribution is -2.45. The third-order valence-corrected chi connectivity index (χ3v) is 4.31. The fraction of sp³-hybridized carbons (Fsp3) is 1.00. The zero-order valence-corrected chi connectivity index (χ0v) is 12.0. The highest BCUT2D eigenvalue weighted by molar-refractivity contribution is 4.89. The van der Waals surface area contributed by atoms with Crippen LogP contribution < -0.4 is 0 Å². The molecule has 100 valence electrons. The van der Waals surface area contributed by atoms with E-state index in [-0.39, 0.29) is 0 Å². The Hall–Kier alpha value is -0.0800. The minimum Gasteiger partial charge on any atom is -0.381 e. The fourth-order valence-electron chi connectivity index (χ4n) is 3.38. The van der Waals surface area contributed by atoms with Gasteiger partial charge in [0.15, 0.2) is 0 Å². The molecule has 0 aromatic rings. The number of nitrogens with zero attached hydrogens (tertiary/aromatic N) is 1. The van der Waals surface area contributed by atoms with Crippen molar-refractivity contribution in [1.82, 2.24) is 4.90 Å². The van der Waals surface area contributed by atoms with Gasteiger partial charge in [-0.1, -0.05) is 20.8 Å². The van der Waals surface area contributed by atoms with Crippen molar-refractivity contribution in [2.24, 2.45) is 17.3 Å². The van der Waals surface area contributed by atoms with Crippen LogP contribution in [-0.4, -0.2) is 37.7 Å². The molecule has 2 nitrogen and oxygen atoms in total. The first-order chi connectivity index (χ1) is 7.94. The summed E-state index contributed by atoms with van der Waals surface area (Å²) in [5.74, 6) is 1.77. The van der Waals surface area contributed by atoms with Crippen molar-refractivity contribution in [3.8, 4) is 0 Å². The number of hydrogen-bond donors (Lipinski definition) is 0. The van der Waals surface area contributed by atoms with Gasteiger partial charge in [-0.15, -0.1) is 0 Å². The minimum atomic E-state index is 0.507. The summed E-state index contributed by atoms with van der Waals surface area (Å²) < 4.78 is 5.45. The molecular formula is C15H29NO. The van der Waals surface area contributed by atoms with Crippen molar-refractivity contribution < 1.29 is 4.74 Å². The normalized spacial score (nSPS) is 34.1. The van der Waals surface area contributed by atoms with Crippen LogP contribution in [0.4, 0.5) is 0 Å². The van der Waals surface area contributed by atoms with E-state index in [2.05, 4.69) is 32.7 Å². The number of ether oxygens (including phenoxy) is 1. The third-order valence-electron chi connectivity index (χ3n) is 4.31. The minimum absolute atomic E-state index is 0.507. The molecule has 17 heavy (non-hydrogen) atoms. The summed E-state index contributed by atoms with van der Waals surface area (Å²) >= 11 is 0. The van der Waals surface area contributed by atoms with Crippen LogP contribution in [0, 0.1) is 17.3 Å². The van der Waals surface area contributed by atoms with Gasteiger partial charge in [0, 0.05) is 19.2 Å². The maximum absolute atomic E-state index is 5.45. The van der Waals surface area contributed by atoms with Crippen molar-refractivity contribution in [1.29, 1.82) is 0 Å². The molecule has 0 spiro atoms. The van der Waals surface area contributed by atoms with E-state index in [0.29, 0.717) is 5.41 Å². The van der Waals surface area contributed by atoms with Gasteiger partial charge in [-0.3, -0.25) is 0 Å². The Labute approximate surface area is 107 Å². The average Bonchev–Trinajstić information content (AvgIpc) is 2.61. The molecule has 2 aliphatic rings. The molecule has 1 aliphatic carbocycles. The topological polar surface area (TPSA) is 12.5 Å². The second-order valence-electron chi connectivity index (χ2n) is 7.43. The van der Waals surface area contributed by atoms with E-state index in [9.17, 15) is 0 Å². The summed E-state index contributed by atoms with van der Waals surface area (Å²) in [6, 6.07) is 0.850. The molecule has 1 aliphatic heterocycles. The maximum atomic E-state index is 5.45. The molecule has 1 unspecified atom stereocenters. The molecule has 2 rings (SSSR count). The van der Waals surface area contributed by atoms with Gasteiger partial charge in [-0.05, 0) is 50.0 Å². The number of hydrogen-bond acceptors (Lipinski definition) is 2. The van der Waals surface area contributed by atoms with Gasteiger partial charge in [0.25, 0.3) is 0 Å². The highest BCUT2D eigenvalue weighted by Gasteiger charge is 2.35. The van der Waals surface area contributed by atoms with E-state index in [1.807, 2.05) is 0 Å². The molecule has 0 radical (unpaired) electrons. The Morgan fingerprint density at radius 3 is 2.41 bits per heavy atom. The highest BCUT2D eigenvalue weighted by atomic mass is 16.5. The molecule has 1 saturated carbocycles. The summed E-state index contributed by atoms with van der Waals surface area (Å²) in [6.07, 6.45) is 5.50. The van der Waals surface area contributed by atoms with Crippen LogP contribution in [0.15, 0.2) is 0 Å². The molecule has 0 bridgehead atoms. The lowest BCUT2D eigenvalue weighted by Gasteiger charge is -2.44.